The van der Waals surface area contributed by atoms with Gasteiger partial charge in [-0.3, -0.25) is 0 Å². The van der Waals surface area contributed by atoms with Gasteiger partial charge in [0.1, 0.15) is 12.2 Å². The molecule has 2 aliphatic rings. The monoisotopic (exact) mass is 342 g/mol. The number of hydrogen-bond donors (Lipinski definition) is 0. The van der Waals surface area contributed by atoms with Crippen LogP contribution in [0.25, 0.3) is 11.2 Å². The van der Waals surface area contributed by atoms with Crippen LogP contribution in [-0.4, -0.2) is 55.1 Å². The molecule has 5 rings (SSSR count). The largest absolute Gasteiger partial charge is 0.351 e. The third kappa shape index (κ3) is 2.31. The average Bonchev–Trinajstić information content (AvgIpc) is 3.24. The molecule has 0 aromatic carbocycles. The van der Waals surface area contributed by atoms with E-state index in [1.807, 2.05) is 11.6 Å². The molecule has 1 saturated carbocycles. The Morgan fingerprint density at radius 3 is 2.62 bits per heavy atom. The van der Waals surface area contributed by atoms with Crippen LogP contribution in [0.3, 0.4) is 0 Å². The van der Waals surface area contributed by atoms with Gasteiger partial charge in [-0.2, -0.15) is 4.37 Å². The highest BCUT2D eigenvalue weighted by atomic mass is 32.1. The van der Waals surface area contributed by atoms with E-state index in [1.54, 1.807) is 12.7 Å². The summed E-state index contributed by atoms with van der Waals surface area (Å²) in [5.41, 5.74) is 1.75. The summed E-state index contributed by atoms with van der Waals surface area (Å²) in [6.07, 6.45) is 5.91. The molecule has 1 saturated heterocycles. The van der Waals surface area contributed by atoms with E-state index in [2.05, 4.69) is 29.1 Å². The van der Waals surface area contributed by atoms with Crippen LogP contribution in [0.1, 0.15) is 24.6 Å². The Morgan fingerprint density at radius 1 is 1.04 bits per heavy atom. The quantitative estimate of drug-likeness (QED) is 0.712. The van der Waals surface area contributed by atoms with Gasteiger partial charge in [-0.25, -0.2) is 19.9 Å². The van der Waals surface area contributed by atoms with Crippen molar-refractivity contribution in [3.05, 3.63) is 18.5 Å². The van der Waals surface area contributed by atoms with Crippen LogP contribution in [-0.2, 0) is 7.05 Å². The maximum Gasteiger partial charge on any atom is 0.205 e. The number of anilines is 2. The van der Waals surface area contributed by atoms with Crippen LogP contribution in [0.15, 0.2) is 12.7 Å². The Balaban J connectivity index is 1.33. The van der Waals surface area contributed by atoms with E-state index in [4.69, 9.17) is 4.98 Å². The van der Waals surface area contributed by atoms with Gasteiger partial charge in [-0.15, -0.1) is 0 Å². The lowest BCUT2D eigenvalue weighted by atomic mass is 10.3. The van der Waals surface area contributed by atoms with Crippen molar-refractivity contribution in [1.29, 1.82) is 0 Å². The lowest BCUT2D eigenvalue weighted by molar-refractivity contribution is 0.646. The number of rotatable bonds is 3. The van der Waals surface area contributed by atoms with Crippen molar-refractivity contribution in [3.63, 3.8) is 0 Å². The molecule has 0 atom stereocenters. The molecular weight excluding hydrogens is 324 g/mol. The van der Waals surface area contributed by atoms with Gasteiger partial charge in [-0.1, -0.05) is 0 Å². The zero-order valence-electron chi connectivity index (χ0n) is 13.5. The van der Waals surface area contributed by atoms with Crippen molar-refractivity contribution >= 4 is 33.6 Å². The van der Waals surface area contributed by atoms with E-state index in [1.165, 1.54) is 24.4 Å². The van der Waals surface area contributed by atoms with E-state index < -0.39 is 0 Å². The molecule has 4 heterocycles. The third-order valence-corrected chi connectivity index (χ3v) is 5.49. The van der Waals surface area contributed by atoms with Crippen LogP contribution in [0.2, 0.25) is 0 Å². The van der Waals surface area contributed by atoms with Gasteiger partial charge in [0.25, 0.3) is 0 Å². The first-order chi connectivity index (χ1) is 11.8. The zero-order chi connectivity index (χ0) is 16.1. The fourth-order valence-corrected chi connectivity index (χ4v) is 3.93. The summed E-state index contributed by atoms with van der Waals surface area (Å²) < 4.78 is 6.44. The fraction of sp³-hybridized carbons (Fsp3) is 0.533. The molecule has 1 aliphatic heterocycles. The molecule has 3 aromatic heterocycles. The second-order valence-electron chi connectivity index (χ2n) is 6.41. The normalized spacial score (nSPS) is 18.5. The minimum Gasteiger partial charge on any atom is -0.351 e. The van der Waals surface area contributed by atoms with Crippen molar-refractivity contribution < 1.29 is 0 Å². The van der Waals surface area contributed by atoms with Crippen LogP contribution >= 0.6 is 11.5 Å². The first-order valence-electron chi connectivity index (χ1n) is 8.25. The van der Waals surface area contributed by atoms with Crippen LogP contribution in [0.4, 0.5) is 10.9 Å². The van der Waals surface area contributed by atoms with Crippen molar-refractivity contribution in [2.24, 2.45) is 7.05 Å². The second kappa shape index (κ2) is 5.37. The van der Waals surface area contributed by atoms with E-state index >= 15 is 0 Å². The minimum atomic E-state index is 0.620. The number of aromatic nitrogens is 6. The Labute approximate surface area is 143 Å². The highest BCUT2D eigenvalue weighted by Crippen LogP contribution is 2.39. The first kappa shape index (κ1) is 14.1. The third-order valence-electron chi connectivity index (χ3n) is 4.70. The molecule has 9 heteroatoms. The molecule has 0 N–H and O–H groups in total. The summed E-state index contributed by atoms with van der Waals surface area (Å²) in [5, 5.41) is 1.06. The number of imidazole rings is 1. The minimum absolute atomic E-state index is 0.620. The Morgan fingerprint density at radius 2 is 1.83 bits per heavy atom. The van der Waals surface area contributed by atoms with Gasteiger partial charge in [0, 0.05) is 50.7 Å². The van der Waals surface area contributed by atoms with Gasteiger partial charge >= 0.3 is 0 Å². The fourth-order valence-electron chi connectivity index (χ4n) is 3.14. The SMILES string of the molecule is Cn1cnc2c(N3CCN(c4nc(C5CC5)ns4)CC3)ncnc21. The van der Waals surface area contributed by atoms with Gasteiger partial charge < -0.3 is 14.4 Å². The lowest BCUT2D eigenvalue weighted by Gasteiger charge is -2.34. The highest BCUT2D eigenvalue weighted by Gasteiger charge is 2.29. The maximum absolute atomic E-state index is 4.72. The number of nitrogens with zero attached hydrogens (tertiary/aromatic N) is 8. The summed E-state index contributed by atoms with van der Waals surface area (Å²) in [7, 11) is 1.96. The predicted octanol–water partition coefficient (Wildman–Crippen LogP) is 1.42. The second-order valence-corrected chi connectivity index (χ2v) is 7.14. The van der Waals surface area contributed by atoms with Crippen molar-refractivity contribution in [3.8, 4) is 0 Å². The molecule has 0 bridgehead atoms. The molecule has 3 aromatic rings. The first-order valence-corrected chi connectivity index (χ1v) is 9.02. The molecule has 0 amide bonds. The summed E-state index contributed by atoms with van der Waals surface area (Å²) in [4.78, 5) is 22.6. The molecule has 1 aliphatic carbocycles. The van der Waals surface area contributed by atoms with E-state index in [0.717, 1.165) is 54.1 Å². The zero-order valence-corrected chi connectivity index (χ0v) is 14.3. The Bertz CT molecular complexity index is 875. The van der Waals surface area contributed by atoms with E-state index in [-0.39, 0.29) is 0 Å². The average molecular weight is 342 g/mol. The molecule has 2 fully saturated rings. The van der Waals surface area contributed by atoms with Crippen molar-refractivity contribution in [2.45, 2.75) is 18.8 Å². The molecule has 124 valence electrons. The molecule has 0 radical (unpaired) electrons. The number of aryl methyl sites for hydroxylation is 1. The molecule has 0 unspecified atom stereocenters. The molecular formula is C15H18N8S. The summed E-state index contributed by atoms with van der Waals surface area (Å²) in [5.74, 6) is 2.59. The molecule has 0 spiro atoms. The Kier molecular flexibility index (Phi) is 3.15. The van der Waals surface area contributed by atoms with Crippen molar-refractivity contribution in [1.82, 2.24) is 28.9 Å². The standard InChI is InChI=1S/C15H18N8S/c1-21-9-18-11-13(21)16-8-17-14(11)22-4-6-23(7-5-22)15-19-12(20-24-15)10-2-3-10/h8-10H,2-7H2,1H3. The number of hydrogen-bond acceptors (Lipinski definition) is 8. The summed E-state index contributed by atoms with van der Waals surface area (Å²) >= 11 is 1.53. The van der Waals surface area contributed by atoms with Gasteiger partial charge in [0.2, 0.25) is 5.13 Å². The summed E-state index contributed by atoms with van der Waals surface area (Å²) in [6.45, 7) is 3.66. The van der Waals surface area contributed by atoms with Crippen molar-refractivity contribution in [2.75, 3.05) is 36.0 Å². The Hall–Kier alpha value is -2.29. The van der Waals surface area contributed by atoms with Crippen LogP contribution < -0.4 is 9.80 Å². The van der Waals surface area contributed by atoms with E-state index in [9.17, 15) is 0 Å². The summed E-state index contributed by atoms with van der Waals surface area (Å²) in [6, 6.07) is 0. The highest BCUT2D eigenvalue weighted by molar-refractivity contribution is 7.09. The smallest absolute Gasteiger partial charge is 0.205 e. The predicted molar refractivity (Wildman–Crippen MR) is 92.6 cm³/mol. The number of piperazine rings is 1. The van der Waals surface area contributed by atoms with Gasteiger partial charge in [0.05, 0.1) is 6.33 Å². The maximum atomic E-state index is 4.72. The number of fused-ring (bicyclic) bond motifs is 1. The van der Waals surface area contributed by atoms with Crippen LogP contribution in [0.5, 0.6) is 0 Å². The topological polar surface area (TPSA) is 75.9 Å². The molecule has 8 nitrogen and oxygen atoms in total. The van der Waals surface area contributed by atoms with Gasteiger partial charge in [-0.05, 0) is 12.8 Å². The van der Waals surface area contributed by atoms with Gasteiger partial charge in [0.15, 0.2) is 17.0 Å². The van der Waals surface area contributed by atoms with Crippen LogP contribution in [0, 0.1) is 0 Å². The molecule has 24 heavy (non-hydrogen) atoms. The lowest BCUT2D eigenvalue weighted by Crippen LogP contribution is -2.47. The van der Waals surface area contributed by atoms with E-state index in [0.29, 0.717) is 5.92 Å².